The van der Waals surface area contributed by atoms with Crippen molar-refractivity contribution in [3.8, 4) is 0 Å². The summed E-state index contributed by atoms with van der Waals surface area (Å²) in [6.45, 7) is 4.28. The highest BCUT2D eigenvalue weighted by Gasteiger charge is 2.00. The molecule has 0 saturated carbocycles. The van der Waals surface area contributed by atoms with Crippen LogP contribution >= 0.6 is 0 Å². The quantitative estimate of drug-likeness (QED) is 0.448. The summed E-state index contributed by atoms with van der Waals surface area (Å²) >= 11 is 0. The molecule has 0 saturated heterocycles. The van der Waals surface area contributed by atoms with Gasteiger partial charge in [0.15, 0.2) is 0 Å². The van der Waals surface area contributed by atoms with E-state index in [1.54, 1.807) is 0 Å². The van der Waals surface area contributed by atoms with Crippen molar-refractivity contribution in [1.29, 1.82) is 0 Å². The molecular weight excluding hydrogens is 170 g/mol. The Morgan fingerprint density at radius 2 is 2.15 bits per heavy atom. The molecule has 4 heteroatoms. The van der Waals surface area contributed by atoms with E-state index in [9.17, 15) is 4.79 Å². The molecule has 0 spiro atoms. The lowest BCUT2D eigenvalue weighted by molar-refractivity contribution is -0.145. The zero-order valence-electron chi connectivity index (χ0n) is 8.47. The topological polar surface area (TPSA) is 47.6 Å². The fourth-order valence-electron chi connectivity index (χ4n) is 0.840. The van der Waals surface area contributed by atoms with Gasteiger partial charge in [-0.2, -0.15) is 0 Å². The standard InChI is InChI=1S/C9H19NO3/c1-3-12-7-8-13-9(11)5-4-6-10-2/h10H,3-8H2,1-2H3. The smallest absolute Gasteiger partial charge is 0.305 e. The zero-order chi connectivity index (χ0) is 9.94. The first-order valence-electron chi connectivity index (χ1n) is 4.69. The molecule has 0 rings (SSSR count). The number of nitrogens with one attached hydrogen (secondary N) is 1. The molecule has 0 bridgehead atoms. The van der Waals surface area contributed by atoms with E-state index in [1.807, 2.05) is 14.0 Å². The molecule has 0 aromatic heterocycles. The van der Waals surface area contributed by atoms with Crippen molar-refractivity contribution in [3.05, 3.63) is 0 Å². The van der Waals surface area contributed by atoms with E-state index in [0.29, 0.717) is 26.2 Å². The van der Waals surface area contributed by atoms with E-state index >= 15 is 0 Å². The van der Waals surface area contributed by atoms with Crippen LogP contribution in [0.5, 0.6) is 0 Å². The Bertz CT molecular complexity index is 128. The van der Waals surface area contributed by atoms with Crippen LogP contribution in [0.1, 0.15) is 19.8 Å². The third-order valence-electron chi connectivity index (χ3n) is 1.50. The van der Waals surface area contributed by atoms with Crippen molar-refractivity contribution in [1.82, 2.24) is 5.32 Å². The first kappa shape index (κ1) is 12.4. The van der Waals surface area contributed by atoms with Crippen molar-refractivity contribution < 1.29 is 14.3 Å². The van der Waals surface area contributed by atoms with Crippen LogP contribution in [0.4, 0.5) is 0 Å². The SMILES string of the molecule is CCOCCOC(=O)CCCNC. The summed E-state index contributed by atoms with van der Waals surface area (Å²) in [6, 6.07) is 0. The van der Waals surface area contributed by atoms with E-state index in [-0.39, 0.29) is 5.97 Å². The van der Waals surface area contributed by atoms with Crippen LogP contribution in [0.3, 0.4) is 0 Å². The Hall–Kier alpha value is -0.610. The molecule has 4 nitrogen and oxygen atoms in total. The van der Waals surface area contributed by atoms with Crippen molar-refractivity contribution in [2.24, 2.45) is 0 Å². The van der Waals surface area contributed by atoms with Crippen LogP contribution in [0, 0.1) is 0 Å². The highest BCUT2D eigenvalue weighted by molar-refractivity contribution is 5.69. The lowest BCUT2D eigenvalue weighted by Crippen LogP contribution is -2.13. The maximum atomic E-state index is 11.0. The lowest BCUT2D eigenvalue weighted by atomic mass is 10.3. The summed E-state index contributed by atoms with van der Waals surface area (Å²) in [5.74, 6) is -0.144. The largest absolute Gasteiger partial charge is 0.463 e. The molecule has 0 aliphatic carbocycles. The lowest BCUT2D eigenvalue weighted by Gasteiger charge is -2.04. The molecule has 0 aromatic rings. The minimum Gasteiger partial charge on any atom is -0.463 e. The summed E-state index contributed by atoms with van der Waals surface area (Å²) in [5, 5.41) is 2.97. The van der Waals surface area contributed by atoms with Crippen LogP contribution in [0.2, 0.25) is 0 Å². The van der Waals surface area contributed by atoms with Gasteiger partial charge in [0, 0.05) is 13.0 Å². The summed E-state index contributed by atoms with van der Waals surface area (Å²) in [5.41, 5.74) is 0. The molecule has 0 amide bonds. The van der Waals surface area contributed by atoms with Crippen molar-refractivity contribution in [2.45, 2.75) is 19.8 Å². The van der Waals surface area contributed by atoms with Gasteiger partial charge < -0.3 is 14.8 Å². The highest BCUT2D eigenvalue weighted by Crippen LogP contribution is 1.91. The minimum atomic E-state index is -0.144. The molecule has 13 heavy (non-hydrogen) atoms. The van der Waals surface area contributed by atoms with Gasteiger partial charge in [0.1, 0.15) is 6.61 Å². The van der Waals surface area contributed by atoms with Gasteiger partial charge in [-0.25, -0.2) is 0 Å². The molecule has 0 fully saturated rings. The summed E-state index contributed by atoms with van der Waals surface area (Å²) < 4.78 is 9.92. The van der Waals surface area contributed by atoms with Gasteiger partial charge in [-0.3, -0.25) is 4.79 Å². The van der Waals surface area contributed by atoms with Gasteiger partial charge in [0.05, 0.1) is 6.61 Å². The molecule has 1 N–H and O–H groups in total. The first-order valence-corrected chi connectivity index (χ1v) is 4.69. The van der Waals surface area contributed by atoms with Gasteiger partial charge in [0.25, 0.3) is 0 Å². The van der Waals surface area contributed by atoms with E-state index < -0.39 is 0 Å². The second-order valence-corrected chi connectivity index (χ2v) is 2.62. The average Bonchev–Trinajstić information content (AvgIpc) is 2.13. The fraction of sp³-hybridized carbons (Fsp3) is 0.889. The number of carbonyl (C=O) groups is 1. The predicted octanol–water partition coefficient (Wildman–Crippen LogP) is 0.566. The van der Waals surface area contributed by atoms with Gasteiger partial charge in [-0.05, 0) is 26.9 Å². The van der Waals surface area contributed by atoms with Crippen LogP contribution < -0.4 is 5.32 Å². The third kappa shape index (κ3) is 9.30. The molecule has 0 atom stereocenters. The Balaban J connectivity index is 3.11. The first-order chi connectivity index (χ1) is 6.31. The molecule has 0 aliphatic rings. The van der Waals surface area contributed by atoms with Gasteiger partial charge in [-0.15, -0.1) is 0 Å². The second-order valence-electron chi connectivity index (χ2n) is 2.62. The van der Waals surface area contributed by atoms with E-state index in [0.717, 1.165) is 13.0 Å². The number of rotatable bonds is 8. The monoisotopic (exact) mass is 189 g/mol. The van der Waals surface area contributed by atoms with Gasteiger partial charge in [-0.1, -0.05) is 0 Å². The summed E-state index contributed by atoms with van der Waals surface area (Å²) in [4.78, 5) is 11.0. The molecular formula is C9H19NO3. The molecule has 0 radical (unpaired) electrons. The Morgan fingerprint density at radius 3 is 2.77 bits per heavy atom. The molecule has 0 unspecified atom stereocenters. The molecule has 0 aliphatic heterocycles. The van der Waals surface area contributed by atoms with Crippen LogP contribution in [0.15, 0.2) is 0 Å². The summed E-state index contributed by atoms with van der Waals surface area (Å²) in [7, 11) is 1.86. The molecule has 0 heterocycles. The van der Waals surface area contributed by atoms with E-state index in [4.69, 9.17) is 9.47 Å². The van der Waals surface area contributed by atoms with Gasteiger partial charge in [0.2, 0.25) is 0 Å². The Labute approximate surface area is 79.6 Å². The normalized spacial score (nSPS) is 10.0. The van der Waals surface area contributed by atoms with E-state index in [2.05, 4.69) is 5.32 Å². The molecule has 0 aromatic carbocycles. The van der Waals surface area contributed by atoms with Crippen molar-refractivity contribution in [3.63, 3.8) is 0 Å². The number of carbonyl (C=O) groups excluding carboxylic acids is 1. The molecule has 78 valence electrons. The zero-order valence-corrected chi connectivity index (χ0v) is 8.47. The van der Waals surface area contributed by atoms with Crippen LogP contribution in [-0.2, 0) is 14.3 Å². The maximum absolute atomic E-state index is 11.0. The number of hydrogen-bond acceptors (Lipinski definition) is 4. The third-order valence-corrected chi connectivity index (χ3v) is 1.50. The van der Waals surface area contributed by atoms with Crippen LogP contribution in [-0.4, -0.2) is 39.4 Å². The van der Waals surface area contributed by atoms with Crippen LogP contribution in [0.25, 0.3) is 0 Å². The Morgan fingerprint density at radius 1 is 1.38 bits per heavy atom. The van der Waals surface area contributed by atoms with Gasteiger partial charge >= 0.3 is 5.97 Å². The number of hydrogen-bond donors (Lipinski definition) is 1. The second kappa shape index (κ2) is 9.48. The van der Waals surface area contributed by atoms with Crippen molar-refractivity contribution in [2.75, 3.05) is 33.4 Å². The minimum absolute atomic E-state index is 0.144. The van der Waals surface area contributed by atoms with E-state index in [1.165, 1.54) is 0 Å². The average molecular weight is 189 g/mol. The Kier molecular flexibility index (Phi) is 9.03. The number of esters is 1. The maximum Gasteiger partial charge on any atom is 0.305 e. The summed E-state index contributed by atoms with van der Waals surface area (Å²) in [6.07, 6.45) is 1.30. The highest BCUT2D eigenvalue weighted by atomic mass is 16.6. The number of ether oxygens (including phenoxy) is 2. The predicted molar refractivity (Wildman–Crippen MR) is 50.6 cm³/mol. The fourth-order valence-corrected chi connectivity index (χ4v) is 0.840. The van der Waals surface area contributed by atoms with Crippen molar-refractivity contribution >= 4 is 5.97 Å².